The molecule has 2 aliphatic rings. The van der Waals surface area contributed by atoms with E-state index in [1.54, 1.807) is 11.8 Å². The van der Waals surface area contributed by atoms with Gasteiger partial charge < -0.3 is 9.64 Å². The molecule has 5 rings (SSSR count). The molecule has 0 aromatic heterocycles. The lowest BCUT2D eigenvalue weighted by atomic mass is 9.74. The monoisotopic (exact) mass is 579 g/mol. The largest absolute Gasteiger partial charge is 0.459 e. The molecule has 0 radical (unpaired) electrons. The first-order valence-corrected chi connectivity index (χ1v) is 15.5. The quantitative estimate of drug-likeness (QED) is 0.222. The Labute approximate surface area is 254 Å². The van der Waals surface area contributed by atoms with E-state index >= 15 is 0 Å². The van der Waals surface area contributed by atoms with Crippen LogP contribution >= 0.6 is 0 Å². The van der Waals surface area contributed by atoms with Crippen LogP contribution in [0.3, 0.4) is 0 Å². The van der Waals surface area contributed by atoms with Gasteiger partial charge in [-0.25, -0.2) is 4.79 Å². The number of benzene rings is 3. The molecule has 2 fully saturated rings. The summed E-state index contributed by atoms with van der Waals surface area (Å²) in [5.41, 5.74) is 3.36. The van der Waals surface area contributed by atoms with Crippen molar-refractivity contribution in [1.82, 2.24) is 4.90 Å². The molecule has 0 spiro atoms. The van der Waals surface area contributed by atoms with E-state index in [0.717, 1.165) is 35.1 Å². The average molecular weight is 580 g/mol. The van der Waals surface area contributed by atoms with E-state index in [-0.39, 0.29) is 36.9 Å². The van der Waals surface area contributed by atoms with Gasteiger partial charge in [-0.05, 0) is 61.3 Å². The SMILES string of the molecule is CC(=O)CC1(C(=O)C[C@@H](Cc2ccc(-c3ccccc3)cc2)C(=O)N2CCC[C@@H]2C(=O)OCc2ccccc2)CCCC1. The molecule has 3 aromatic rings. The van der Waals surface area contributed by atoms with Gasteiger partial charge in [-0.15, -0.1) is 0 Å². The van der Waals surface area contributed by atoms with Crippen molar-refractivity contribution in [1.29, 1.82) is 0 Å². The number of ether oxygens (including phenoxy) is 1. The topological polar surface area (TPSA) is 80.8 Å². The van der Waals surface area contributed by atoms with Crippen molar-refractivity contribution < 1.29 is 23.9 Å². The highest BCUT2D eigenvalue weighted by atomic mass is 16.5. The zero-order valence-electron chi connectivity index (χ0n) is 25.0. The number of nitrogens with zero attached hydrogens (tertiary/aromatic N) is 1. The van der Waals surface area contributed by atoms with E-state index in [0.29, 0.717) is 38.6 Å². The zero-order chi connectivity index (χ0) is 30.2. The molecule has 224 valence electrons. The van der Waals surface area contributed by atoms with Crippen molar-refractivity contribution in [2.24, 2.45) is 11.3 Å². The van der Waals surface area contributed by atoms with Crippen LogP contribution in [0.15, 0.2) is 84.9 Å². The molecular weight excluding hydrogens is 538 g/mol. The van der Waals surface area contributed by atoms with Gasteiger partial charge >= 0.3 is 5.97 Å². The predicted octanol–water partition coefficient (Wildman–Crippen LogP) is 6.75. The van der Waals surface area contributed by atoms with Crippen molar-refractivity contribution in [3.8, 4) is 11.1 Å². The van der Waals surface area contributed by atoms with Gasteiger partial charge in [0.05, 0.1) is 0 Å². The van der Waals surface area contributed by atoms with E-state index in [4.69, 9.17) is 4.74 Å². The van der Waals surface area contributed by atoms with E-state index in [1.807, 2.05) is 72.8 Å². The summed E-state index contributed by atoms with van der Waals surface area (Å²) in [6.07, 6.45) is 5.15. The lowest BCUT2D eigenvalue weighted by molar-refractivity contribution is -0.156. The molecule has 6 nitrogen and oxygen atoms in total. The Balaban J connectivity index is 1.35. The first-order valence-electron chi connectivity index (χ1n) is 15.5. The summed E-state index contributed by atoms with van der Waals surface area (Å²) in [6, 6.07) is 27.1. The highest BCUT2D eigenvalue weighted by molar-refractivity contribution is 5.94. The summed E-state index contributed by atoms with van der Waals surface area (Å²) in [5.74, 6) is -1.20. The van der Waals surface area contributed by atoms with Gasteiger partial charge in [0, 0.05) is 30.7 Å². The first-order chi connectivity index (χ1) is 20.8. The van der Waals surface area contributed by atoms with Crippen LogP contribution in [0.1, 0.15) is 69.4 Å². The fourth-order valence-electron chi connectivity index (χ4n) is 6.85. The van der Waals surface area contributed by atoms with Crippen LogP contribution in [0.2, 0.25) is 0 Å². The Kier molecular flexibility index (Phi) is 9.86. The van der Waals surface area contributed by atoms with Gasteiger partial charge in [0.1, 0.15) is 24.2 Å². The Hall–Kier alpha value is -4.06. The third-order valence-corrected chi connectivity index (χ3v) is 9.10. The van der Waals surface area contributed by atoms with E-state index in [2.05, 4.69) is 12.1 Å². The molecule has 1 saturated heterocycles. The zero-order valence-corrected chi connectivity index (χ0v) is 25.0. The van der Waals surface area contributed by atoms with Crippen molar-refractivity contribution in [2.75, 3.05) is 6.54 Å². The Morgan fingerprint density at radius 1 is 0.814 bits per heavy atom. The second-order valence-electron chi connectivity index (χ2n) is 12.2. The molecule has 0 unspecified atom stereocenters. The standard InChI is InChI=1S/C37H41NO5/c1-27(39)25-37(20-8-9-21-37)34(40)24-32(23-28-16-18-31(19-17-28)30-13-6-3-7-14-30)35(41)38-22-10-15-33(38)36(42)43-26-29-11-4-2-5-12-29/h2-7,11-14,16-19,32-33H,8-10,15,20-26H2,1H3/t32-,33-/m1/s1. The lowest BCUT2D eigenvalue weighted by Crippen LogP contribution is -2.46. The Morgan fingerprint density at radius 3 is 2.09 bits per heavy atom. The molecule has 0 bridgehead atoms. The summed E-state index contributed by atoms with van der Waals surface area (Å²) in [4.78, 5) is 55.1. The van der Waals surface area contributed by atoms with E-state index in [9.17, 15) is 19.2 Å². The summed E-state index contributed by atoms with van der Waals surface area (Å²) < 4.78 is 5.63. The summed E-state index contributed by atoms with van der Waals surface area (Å²) in [6.45, 7) is 2.15. The molecule has 0 N–H and O–H groups in total. The number of amides is 1. The second kappa shape index (κ2) is 13.9. The minimum absolute atomic E-state index is 0.00172. The summed E-state index contributed by atoms with van der Waals surface area (Å²) >= 11 is 0. The van der Waals surface area contributed by atoms with Crippen LogP contribution < -0.4 is 0 Å². The number of rotatable bonds is 12. The van der Waals surface area contributed by atoms with Gasteiger partial charge in [0.25, 0.3) is 0 Å². The summed E-state index contributed by atoms with van der Waals surface area (Å²) in [7, 11) is 0. The maximum absolute atomic E-state index is 14.2. The number of hydrogen-bond donors (Lipinski definition) is 0. The van der Waals surface area contributed by atoms with Crippen LogP contribution in [0.5, 0.6) is 0 Å². The minimum Gasteiger partial charge on any atom is -0.459 e. The average Bonchev–Trinajstić information content (AvgIpc) is 3.71. The van der Waals surface area contributed by atoms with Crippen molar-refractivity contribution in [2.45, 2.75) is 77.4 Å². The molecule has 1 aliphatic heterocycles. The molecule has 2 atom stereocenters. The van der Waals surface area contributed by atoms with Crippen LogP contribution in [0, 0.1) is 11.3 Å². The van der Waals surface area contributed by atoms with Gasteiger partial charge in [-0.2, -0.15) is 0 Å². The minimum atomic E-state index is -0.680. The fraction of sp³-hybridized carbons (Fsp3) is 0.405. The smallest absolute Gasteiger partial charge is 0.329 e. The normalized spacial score (nSPS) is 18.3. The van der Waals surface area contributed by atoms with Crippen LogP contribution in [0.25, 0.3) is 11.1 Å². The molecule has 1 aliphatic carbocycles. The molecule has 1 amide bonds. The molecular formula is C37H41NO5. The number of ketones is 2. The van der Waals surface area contributed by atoms with Gasteiger partial charge in [-0.1, -0.05) is 97.8 Å². The number of carbonyl (C=O) groups is 4. The van der Waals surface area contributed by atoms with Crippen LogP contribution in [0.4, 0.5) is 0 Å². The van der Waals surface area contributed by atoms with E-state index in [1.165, 1.54) is 0 Å². The maximum Gasteiger partial charge on any atom is 0.329 e. The Bertz CT molecular complexity index is 1410. The Morgan fingerprint density at radius 2 is 1.44 bits per heavy atom. The number of esters is 1. The number of Topliss-reactive ketones (excluding diaryl/α,β-unsaturated/α-hetero) is 2. The number of likely N-dealkylation sites (tertiary alicyclic amines) is 1. The molecule has 1 heterocycles. The van der Waals surface area contributed by atoms with Gasteiger partial charge in [-0.3, -0.25) is 14.4 Å². The first kappa shape index (κ1) is 30.4. The molecule has 43 heavy (non-hydrogen) atoms. The summed E-state index contributed by atoms with van der Waals surface area (Å²) in [5, 5.41) is 0. The third kappa shape index (κ3) is 7.48. The van der Waals surface area contributed by atoms with E-state index < -0.39 is 23.3 Å². The van der Waals surface area contributed by atoms with Crippen molar-refractivity contribution in [3.05, 3.63) is 96.1 Å². The number of hydrogen-bond acceptors (Lipinski definition) is 5. The van der Waals surface area contributed by atoms with Crippen molar-refractivity contribution >= 4 is 23.4 Å². The highest BCUT2D eigenvalue weighted by Crippen LogP contribution is 2.44. The maximum atomic E-state index is 14.2. The predicted molar refractivity (Wildman–Crippen MR) is 166 cm³/mol. The van der Waals surface area contributed by atoms with Gasteiger partial charge in [0.15, 0.2) is 0 Å². The fourth-order valence-corrected chi connectivity index (χ4v) is 6.85. The molecule has 3 aromatic carbocycles. The highest BCUT2D eigenvalue weighted by Gasteiger charge is 2.44. The third-order valence-electron chi connectivity index (χ3n) is 9.10. The molecule has 6 heteroatoms. The van der Waals surface area contributed by atoms with Crippen LogP contribution in [-0.4, -0.2) is 40.9 Å². The number of carbonyl (C=O) groups excluding carboxylic acids is 4. The van der Waals surface area contributed by atoms with Crippen molar-refractivity contribution in [3.63, 3.8) is 0 Å². The van der Waals surface area contributed by atoms with Crippen LogP contribution in [-0.2, 0) is 36.9 Å². The second-order valence-corrected chi connectivity index (χ2v) is 12.2. The lowest BCUT2D eigenvalue weighted by Gasteiger charge is -2.31. The molecule has 1 saturated carbocycles. The van der Waals surface area contributed by atoms with Gasteiger partial charge in [0.2, 0.25) is 5.91 Å².